The molecule has 1 aromatic rings. The summed E-state index contributed by atoms with van der Waals surface area (Å²) in [5.41, 5.74) is 7.21. The van der Waals surface area contributed by atoms with E-state index in [-0.39, 0.29) is 17.6 Å². The Hall–Kier alpha value is -1.55. The maximum absolute atomic E-state index is 11.8. The van der Waals surface area contributed by atoms with Gasteiger partial charge in [0.25, 0.3) is 0 Å². The number of anilines is 1. The van der Waals surface area contributed by atoms with E-state index in [9.17, 15) is 9.90 Å². The van der Waals surface area contributed by atoms with Crippen molar-refractivity contribution in [1.29, 1.82) is 0 Å². The Labute approximate surface area is 102 Å². The highest BCUT2D eigenvalue weighted by molar-refractivity contribution is 5.96. The molecule has 1 aromatic carbocycles. The first kappa shape index (κ1) is 13.5. The molecule has 0 fully saturated rings. The lowest BCUT2D eigenvalue weighted by molar-refractivity contribution is -0.118. The molecule has 0 aromatic heterocycles. The van der Waals surface area contributed by atoms with Crippen molar-refractivity contribution >= 4 is 11.6 Å². The Morgan fingerprint density at radius 2 is 2.12 bits per heavy atom. The Morgan fingerprint density at radius 1 is 1.47 bits per heavy atom. The lowest BCUT2D eigenvalue weighted by Crippen LogP contribution is -2.39. The van der Waals surface area contributed by atoms with Gasteiger partial charge in [-0.25, -0.2) is 0 Å². The maximum Gasteiger partial charge on any atom is 0.241 e. The highest BCUT2D eigenvalue weighted by Crippen LogP contribution is 2.24. The van der Waals surface area contributed by atoms with Crippen LogP contribution in [0.4, 0.5) is 5.69 Å². The summed E-state index contributed by atoms with van der Waals surface area (Å²) in [7, 11) is 0. The first-order chi connectivity index (χ1) is 7.95. The standard InChI is InChI=1S/C13H20N2O2/c1-4-9-5-6-11(16)10(7-9)15-13(17)12(14)8(2)3/h5-8,12,16H,4,14H2,1-3H3,(H,15,17)/t12-/m0/s1. The summed E-state index contributed by atoms with van der Waals surface area (Å²) >= 11 is 0. The molecule has 1 atom stereocenters. The molecule has 0 saturated carbocycles. The van der Waals surface area contributed by atoms with Gasteiger partial charge in [-0.3, -0.25) is 4.79 Å². The van der Waals surface area contributed by atoms with Crippen LogP contribution in [-0.4, -0.2) is 17.1 Å². The lowest BCUT2D eigenvalue weighted by atomic mass is 10.0. The largest absolute Gasteiger partial charge is 0.506 e. The molecule has 4 nitrogen and oxygen atoms in total. The summed E-state index contributed by atoms with van der Waals surface area (Å²) < 4.78 is 0. The number of nitrogens with one attached hydrogen (secondary N) is 1. The summed E-state index contributed by atoms with van der Waals surface area (Å²) in [6.07, 6.45) is 0.847. The van der Waals surface area contributed by atoms with E-state index < -0.39 is 6.04 Å². The summed E-state index contributed by atoms with van der Waals surface area (Å²) in [4.78, 5) is 11.8. The number of aromatic hydroxyl groups is 1. The molecule has 4 heteroatoms. The van der Waals surface area contributed by atoms with Crippen molar-refractivity contribution in [2.24, 2.45) is 11.7 Å². The molecule has 1 rings (SSSR count). The Balaban J connectivity index is 2.84. The molecule has 0 aliphatic carbocycles. The minimum Gasteiger partial charge on any atom is -0.506 e. The predicted molar refractivity (Wildman–Crippen MR) is 68.9 cm³/mol. The molecule has 0 aliphatic rings. The molecule has 17 heavy (non-hydrogen) atoms. The van der Waals surface area contributed by atoms with E-state index in [0.29, 0.717) is 5.69 Å². The summed E-state index contributed by atoms with van der Waals surface area (Å²) in [6.45, 7) is 5.77. The van der Waals surface area contributed by atoms with Gasteiger partial charge in [0, 0.05) is 0 Å². The zero-order valence-electron chi connectivity index (χ0n) is 10.5. The highest BCUT2D eigenvalue weighted by Gasteiger charge is 2.18. The van der Waals surface area contributed by atoms with E-state index in [1.54, 1.807) is 12.1 Å². The monoisotopic (exact) mass is 236 g/mol. The number of amides is 1. The van der Waals surface area contributed by atoms with E-state index in [4.69, 9.17) is 5.73 Å². The number of hydrogen-bond donors (Lipinski definition) is 3. The third-order valence-electron chi connectivity index (χ3n) is 2.75. The van der Waals surface area contributed by atoms with Gasteiger partial charge < -0.3 is 16.2 Å². The van der Waals surface area contributed by atoms with Gasteiger partial charge in [0.2, 0.25) is 5.91 Å². The normalized spacial score (nSPS) is 12.5. The predicted octanol–water partition coefficient (Wildman–Crippen LogP) is 1.88. The van der Waals surface area contributed by atoms with E-state index in [1.807, 2.05) is 26.8 Å². The summed E-state index contributed by atoms with van der Waals surface area (Å²) in [5, 5.41) is 12.3. The molecule has 0 unspecified atom stereocenters. The number of aryl methyl sites for hydroxylation is 1. The molecule has 94 valence electrons. The van der Waals surface area contributed by atoms with Gasteiger partial charge in [-0.05, 0) is 30.0 Å². The molecule has 0 radical (unpaired) electrons. The lowest BCUT2D eigenvalue weighted by Gasteiger charge is -2.16. The van der Waals surface area contributed by atoms with Crippen LogP contribution in [0, 0.1) is 5.92 Å². The average molecular weight is 236 g/mol. The first-order valence-electron chi connectivity index (χ1n) is 5.84. The third-order valence-corrected chi connectivity index (χ3v) is 2.75. The van der Waals surface area contributed by atoms with Gasteiger partial charge in [-0.2, -0.15) is 0 Å². The Bertz CT molecular complexity index is 402. The molecular weight excluding hydrogens is 216 g/mol. The minimum atomic E-state index is -0.570. The van der Waals surface area contributed by atoms with E-state index in [1.165, 1.54) is 0 Å². The van der Waals surface area contributed by atoms with Gasteiger partial charge in [0.1, 0.15) is 5.75 Å². The van der Waals surface area contributed by atoms with Crippen LogP contribution < -0.4 is 11.1 Å². The van der Waals surface area contributed by atoms with Crippen LogP contribution >= 0.6 is 0 Å². The van der Waals surface area contributed by atoms with Crippen molar-refractivity contribution < 1.29 is 9.90 Å². The highest BCUT2D eigenvalue weighted by atomic mass is 16.3. The van der Waals surface area contributed by atoms with E-state index >= 15 is 0 Å². The second-order valence-electron chi connectivity index (χ2n) is 4.46. The number of hydrogen-bond acceptors (Lipinski definition) is 3. The van der Waals surface area contributed by atoms with Crippen LogP contribution in [0.25, 0.3) is 0 Å². The molecule has 1 amide bonds. The van der Waals surface area contributed by atoms with Crippen molar-refractivity contribution in [2.75, 3.05) is 5.32 Å². The molecular formula is C13H20N2O2. The number of phenolic OH excluding ortho intramolecular Hbond substituents is 1. The number of phenols is 1. The fourth-order valence-corrected chi connectivity index (χ4v) is 1.42. The van der Waals surface area contributed by atoms with E-state index in [0.717, 1.165) is 12.0 Å². The van der Waals surface area contributed by atoms with Gasteiger partial charge in [-0.15, -0.1) is 0 Å². The molecule has 0 heterocycles. The van der Waals surface area contributed by atoms with Crippen molar-refractivity contribution in [3.05, 3.63) is 23.8 Å². The first-order valence-corrected chi connectivity index (χ1v) is 5.84. The topological polar surface area (TPSA) is 75.3 Å². The smallest absolute Gasteiger partial charge is 0.241 e. The molecule has 0 bridgehead atoms. The number of carbonyl (C=O) groups excluding carboxylic acids is 1. The SMILES string of the molecule is CCc1ccc(O)c(NC(=O)[C@@H](N)C(C)C)c1. The van der Waals surface area contributed by atoms with Crippen molar-refractivity contribution in [3.8, 4) is 5.75 Å². The number of benzene rings is 1. The second-order valence-corrected chi connectivity index (χ2v) is 4.46. The van der Waals surface area contributed by atoms with Crippen molar-refractivity contribution in [1.82, 2.24) is 0 Å². The van der Waals surface area contributed by atoms with Crippen LogP contribution in [-0.2, 0) is 11.2 Å². The number of nitrogens with two attached hydrogens (primary N) is 1. The summed E-state index contributed by atoms with van der Waals surface area (Å²) in [6, 6.07) is 4.60. The maximum atomic E-state index is 11.8. The zero-order chi connectivity index (χ0) is 13.0. The van der Waals surface area contributed by atoms with Crippen LogP contribution in [0.15, 0.2) is 18.2 Å². The van der Waals surface area contributed by atoms with Crippen LogP contribution in [0.3, 0.4) is 0 Å². The quantitative estimate of drug-likeness (QED) is 0.699. The summed E-state index contributed by atoms with van der Waals surface area (Å²) in [5.74, 6) is -0.151. The van der Waals surface area contributed by atoms with Crippen LogP contribution in [0.2, 0.25) is 0 Å². The van der Waals surface area contributed by atoms with Gasteiger partial charge in [-0.1, -0.05) is 26.8 Å². The molecule has 0 aliphatic heterocycles. The minimum absolute atomic E-state index is 0.0616. The van der Waals surface area contributed by atoms with Gasteiger partial charge >= 0.3 is 0 Å². The third kappa shape index (κ3) is 3.46. The molecule has 4 N–H and O–H groups in total. The molecule has 0 spiro atoms. The Kier molecular flexibility index (Phi) is 4.52. The van der Waals surface area contributed by atoms with E-state index in [2.05, 4.69) is 5.32 Å². The zero-order valence-corrected chi connectivity index (χ0v) is 10.5. The number of rotatable bonds is 4. The molecule has 0 saturated heterocycles. The second kappa shape index (κ2) is 5.68. The fraction of sp³-hybridized carbons (Fsp3) is 0.462. The van der Waals surface area contributed by atoms with Gasteiger partial charge in [0.15, 0.2) is 0 Å². The number of carbonyl (C=O) groups is 1. The Morgan fingerprint density at radius 3 is 2.65 bits per heavy atom. The van der Waals surface area contributed by atoms with Crippen molar-refractivity contribution in [2.45, 2.75) is 33.2 Å². The van der Waals surface area contributed by atoms with Crippen molar-refractivity contribution in [3.63, 3.8) is 0 Å². The van der Waals surface area contributed by atoms with Gasteiger partial charge in [0.05, 0.1) is 11.7 Å². The average Bonchev–Trinajstić information content (AvgIpc) is 2.30. The fourth-order valence-electron chi connectivity index (χ4n) is 1.42. The van der Waals surface area contributed by atoms with Crippen LogP contribution in [0.1, 0.15) is 26.3 Å². The van der Waals surface area contributed by atoms with Crippen LogP contribution in [0.5, 0.6) is 5.75 Å².